The lowest BCUT2D eigenvalue weighted by atomic mass is 9.90. The molecule has 2 aromatic carbocycles. The molecule has 1 fully saturated rings. The van der Waals surface area contributed by atoms with Crippen molar-refractivity contribution in [2.45, 2.75) is 43.9 Å². The maximum absolute atomic E-state index is 14.3. The molecule has 1 aliphatic carbocycles. The fourth-order valence-corrected chi connectivity index (χ4v) is 3.24. The van der Waals surface area contributed by atoms with Crippen molar-refractivity contribution in [2.24, 2.45) is 0 Å². The molecule has 1 saturated carbocycles. The van der Waals surface area contributed by atoms with Gasteiger partial charge >= 0.3 is 0 Å². The fourth-order valence-electron chi connectivity index (χ4n) is 3.24. The van der Waals surface area contributed by atoms with Crippen LogP contribution in [0.15, 0.2) is 48.5 Å². The summed E-state index contributed by atoms with van der Waals surface area (Å²) < 4.78 is 28.5. The van der Waals surface area contributed by atoms with Gasteiger partial charge in [0.1, 0.15) is 11.6 Å². The largest absolute Gasteiger partial charge is 0.393 e. The summed E-state index contributed by atoms with van der Waals surface area (Å²) >= 11 is 0. The van der Waals surface area contributed by atoms with Gasteiger partial charge in [0.05, 0.1) is 12.1 Å². The molecule has 23 heavy (non-hydrogen) atoms. The molecule has 2 aromatic rings. The van der Waals surface area contributed by atoms with Crippen molar-refractivity contribution in [1.29, 1.82) is 0 Å². The van der Waals surface area contributed by atoms with Gasteiger partial charge in [0.15, 0.2) is 0 Å². The van der Waals surface area contributed by atoms with Gasteiger partial charge < -0.3 is 10.4 Å². The molecule has 0 heterocycles. The van der Waals surface area contributed by atoms with Crippen molar-refractivity contribution in [3.8, 4) is 0 Å². The van der Waals surface area contributed by atoms with Crippen molar-refractivity contribution in [1.82, 2.24) is 5.32 Å². The molecule has 0 spiro atoms. The van der Waals surface area contributed by atoms with Crippen LogP contribution in [0.2, 0.25) is 0 Å². The molecule has 0 bridgehead atoms. The SMILES string of the molecule is OC1CCC(NC(c2ccccc2F)c2ccccc2F)CC1. The Labute approximate surface area is 135 Å². The van der Waals surface area contributed by atoms with Crippen LogP contribution in [-0.2, 0) is 0 Å². The van der Waals surface area contributed by atoms with Crippen molar-refractivity contribution >= 4 is 0 Å². The molecule has 2 nitrogen and oxygen atoms in total. The van der Waals surface area contributed by atoms with E-state index in [4.69, 9.17) is 0 Å². The Morgan fingerprint density at radius 3 is 1.78 bits per heavy atom. The molecule has 0 radical (unpaired) electrons. The van der Waals surface area contributed by atoms with Gasteiger partial charge in [-0.15, -0.1) is 0 Å². The van der Waals surface area contributed by atoms with Gasteiger partial charge in [0.25, 0.3) is 0 Å². The Bertz CT molecular complexity index is 608. The first-order chi connectivity index (χ1) is 11.1. The Hall–Kier alpha value is -1.78. The molecule has 2 N–H and O–H groups in total. The summed E-state index contributed by atoms with van der Waals surface area (Å²) in [6.45, 7) is 0. The lowest BCUT2D eigenvalue weighted by molar-refractivity contribution is 0.115. The number of rotatable bonds is 4. The molecular weight excluding hydrogens is 296 g/mol. The minimum absolute atomic E-state index is 0.141. The predicted octanol–water partition coefficient (Wildman–Crippen LogP) is 3.95. The fraction of sp³-hybridized carbons (Fsp3) is 0.368. The Kier molecular flexibility index (Phi) is 5.03. The zero-order valence-electron chi connectivity index (χ0n) is 12.9. The second kappa shape index (κ2) is 7.20. The number of benzene rings is 2. The van der Waals surface area contributed by atoms with Crippen molar-refractivity contribution in [3.05, 3.63) is 71.3 Å². The quantitative estimate of drug-likeness (QED) is 0.895. The molecule has 0 saturated heterocycles. The van der Waals surface area contributed by atoms with Crippen LogP contribution >= 0.6 is 0 Å². The van der Waals surface area contributed by atoms with Gasteiger partial charge in [-0.25, -0.2) is 8.78 Å². The standard InChI is InChI=1S/C19H21F2NO/c20-17-7-3-1-5-15(17)19(16-6-2-4-8-18(16)21)22-13-9-11-14(23)12-10-13/h1-8,13-14,19,22-23H,9-12H2. The van der Waals surface area contributed by atoms with E-state index in [1.54, 1.807) is 36.4 Å². The second-order valence-corrected chi connectivity index (χ2v) is 6.15. The van der Waals surface area contributed by atoms with Crippen molar-refractivity contribution in [3.63, 3.8) is 0 Å². The number of aliphatic hydroxyl groups excluding tert-OH is 1. The Morgan fingerprint density at radius 1 is 0.826 bits per heavy atom. The summed E-state index contributed by atoms with van der Waals surface area (Å²) in [5.74, 6) is -0.687. The maximum Gasteiger partial charge on any atom is 0.128 e. The summed E-state index contributed by atoms with van der Waals surface area (Å²) in [7, 11) is 0. The second-order valence-electron chi connectivity index (χ2n) is 6.15. The maximum atomic E-state index is 14.3. The average Bonchev–Trinajstić information content (AvgIpc) is 2.56. The number of aliphatic hydroxyl groups is 1. The number of halogens is 2. The number of nitrogens with one attached hydrogen (secondary N) is 1. The van der Waals surface area contributed by atoms with Crippen molar-refractivity contribution < 1.29 is 13.9 Å². The highest BCUT2D eigenvalue weighted by Gasteiger charge is 2.26. The van der Waals surface area contributed by atoms with E-state index in [-0.39, 0.29) is 23.8 Å². The molecule has 122 valence electrons. The van der Waals surface area contributed by atoms with Crippen LogP contribution in [0.5, 0.6) is 0 Å². The molecule has 0 unspecified atom stereocenters. The normalized spacial score (nSPS) is 21.6. The first-order valence-electron chi connectivity index (χ1n) is 8.08. The van der Waals surface area contributed by atoms with Crippen LogP contribution in [0.3, 0.4) is 0 Å². The van der Waals surface area contributed by atoms with E-state index in [1.807, 2.05) is 0 Å². The van der Waals surface area contributed by atoms with E-state index >= 15 is 0 Å². The predicted molar refractivity (Wildman–Crippen MR) is 86.0 cm³/mol. The summed E-state index contributed by atoms with van der Waals surface area (Å²) in [6, 6.07) is 12.6. The highest BCUT2D eigenvalue weighted by atomic mass is 19.1. The summed E-state index contributed by atoms with van der Waals surface area (Å²) in [5, 5.41) is 13.0. The van der Waals surface area contributed by atoms with E-state index in [0.717, 1.165) is 25.7 Å². The van der Waals surface area contributed by atoms with E-state index in [1.165, 1.54) is 12.1 Å². The van der Waals surface area contributed by atoms with Gasteiger partial charge in [0.2, 0.25) is 0 Å². The third-order valence-corrected chi connectivity index (χ3v) is 4.53. The monoisotopic (exact) mass is 317 g/mol. The molecule has 0 aliphatic heterocycles. The highest BCUT2D eigenvalue weighted by molar-refractivity contribution is 5.33. The van der Waals surface area contributed by atoms with Crippen LogP contribution in [0.4, 0.5) is 8.78 Å². The van der Waals surface area contributed by atoms with E-state index in [9.17, 15) is 13.9 Å². The van der Waals surface area contributed by atoms with Crippen LogP contribution in [-0.4, -0.2) is 17.3 Å². The number of hydrogen-bond donors (Lipinski definition) is 2. The molecule has 3 rings (SSSR count). The van der Waals surface area contributed by atoms with Crippen LogP contribution in [0.25, 0.3) is 0 Å². The number of hydrogen-bond acceptors (Lipinski definition) is 2. The topological polar surface area (TPSA) is 32.3 Å². The minimum atomic E-state index is -0.530. The third kappa shape index (κ3) is 3.77. The molecule has 4 heteroatoms. The summed E-state index contributed by atoms with van der Waals surface area (Å²) in [6.07, 6.45) is 2.80. The van der Waals surface area contributed by atoms with Gasteiger partial charge in [-0.3, -0.25) is 0 Å². The molecule has 0 atom stereocenters. The first-order valence-corrected chi connectivity index (χ1v) is 8.08. The Morgan fingerprint density at radius 2 is 1.30 bits per heavy atom. The van der Waals surface area contributed by atoms with E-state index in [0.29, 0.717) is 11.1 Å². The minimum Gasteiger partial charge on any atom is -0.393 e. The smallest absolute Gasteiger partial charge is 0.128 e. The average molecular weight is 317 g/mol. The molecule has 0 amide bonds. The van der Waals surface area contributed by atoms with Gasteiger partial charge in [-0.1, -0.05) is 36.4 Å². The molecular formula is C19H21F2NO. The summed E-state index contributed by atoms with van der Waals surface area (Å²) in [5.41, 5.74) is 0.896. The van der Waals surface area contributed by atoms with E-state index < -0.39 is 6.04 Å². The van der Waals surface area contributed by atoms with Crippen LogP contribution in [0, 0.1) is 11.6 Å². The lowest BCUT2D eigenvalue weighted by Crippen LogP contribution is -2.38. The third-order valence-electron chi connectivity index (χ3n) is 4.53. The summed E-state index contributed by atoms with van der Waals surface area (Å²) in [4.78, 5) is 0. The van der Waals surface area contributed by atoms with Gasteiger partial charge in [-0.2, -0.15) is 0 Å². The molecule has 1 aliphatic rings. The van der Waals surface area contributed by atoms with Crippen molar-refractivity contribution in [2.75, 3.05) is 0 Å². The van der Waals surface area contributed by atoms with Crippen LogP contribution in [0.1, 0.15) is 42.9 Å². The highest BCUT2D eigenvalue weighted by Crippen LogP contribution is 2.29. The first kappa shape index (κ1) is 16.1. The molecule has 0 aromatic heterocycles. The lowest BCUT2D eigenvalue weighted by Gasteiger charge is -2.31. The Balaban J connectivity index is 1.91. The zero-order chi connectivity index (χ0) is 16.2. The van der Waals surface area contributed by atoms with Crippen LogP contribution < -0.4 is 5.32 Å². The zero-order valence-corrected chi connectivity index (χ0v) is 12.9. The van der Waals surface area contributed by atoms with Gasteiger partial charge in [0, 0.05) is 17.2 Å². The van der Waals surface area contributed by atoms with Gasteiger partial charge in [-0.05, 0) is 37.8 Å². The van der Waals surface area contributed by atoms with E-state index in [2.05, 4.69) is 5.32 Å².